The molecule has 0 amide bonds. The molecule has 5 rings (SSSR count). The Morgan fingerprint density at radius 1 is 0.868 bits per heavy atom. The van der Waals surface area contributed by atoms with Crippen molar-refractivity contribution < 1.29 is 19.1 Å². The van der Waals surface area contributed by atoms with Gasteiger partial charge in [-0.3, -0.25) is 9.59 Å². The Kier molecular flexibility index (Phi) is 6.60. The zero-order chi connectivity index (χ0) is 27.9. The lowest BCUT2D eigenvalue weighted by molar-refractivity contribution is -0.232. The molecule has 0 N–H and O–H groups in total. The first kappa shape index (κ1) is 28.0. The van der Waals surface area contributed by atoms with E-state index in [2.05, 4.69) is 60.6 Å². The second kappa shape index (κ2) is 8.96. The van der Waals surface area contributed by atoms with Gasteiger partial charge >= 0.3 is 11.9 Å². The van der Waals surface area contributed by atoms with E-state index in [4.69, 9.17) is 9.47 Å². The molecule has 0 aromatic heterocycles. The fraction of sp³-hybridized carbons (Fsp3) is 0.824. The zero-order valence-corrected chi connectivity index (χ0v) is 25.5. The summed E-state index contributed by atoms with van der Waals surface area (Å²) in [5, 5.41) is 0. The summed E-state index contributed by atoms with van der Waals surface area (Å²) in [6.07, 6.45) is 14.1. The van der Waals surface area contributed by atoms with E-state index in [1.807, 2.05) is 0 Å². The van der Waals surface area contributed by atoms with Crippen LogP contribution >= 0.6 is 0 Å². The Hall–Kier alpha value is -1.58. The van der Waals surface area contributed by atoms with E-state index in [1.165, 1.54) is 44.6 Å². The SMILES string of the molecule is CC(=O)OC[C@]12C=CC(C(C)C)=C1C1CCC3[C@@]4(C)CC[C@H](OC(C)=O)C(C)(C)C4CC[C@@]3(C)[C@]1(C)CC2. The highest BCUT2D eigenvalue weighted by atomic mass is 16.5. The van der Waals surface area contributed by atoms with E-state index < -0.39 is 0 Å². The highest BCUT2D eigenvalue weighted by Gasteiger charge is 2.69. The third kappa shape index (κ3) is 3.74. The average Bonchev–Trinajstić information content (AvgIpc) is 3.20. The van der Waals surface area contributed by atoms with Crippen molar-refractivity contribution in [3.8, 4) is 0 Å². The van der Waals surface area contributed by atoms with Gasteiger partial charge in [-0.2, -0.15) is 0 Å². The van der Waals surface area contributed by atoms with Gasteiger partial charge in [0.1, 0.15) is 12.7 Å². The van der Waals surface area contributed by atoms with Gasteiger partial charge in [-0.1, -0.05) is 60.6 Å². The van der Waals surface area contributed by atoms with E-state index in [0.717, 1.165) is 19.3 Å². The largest absolute Gasteiger partial charge is 0.465 e. The van der Waals surface area contributed by atoms with Crippen molar-refractivity contribution in [2.75, 3.05) is 6.61 Å². The van der Waals surface area contributed by atoms with Gasteiger partial charge in [-0.05, 0) is 102 Å². The van der Waals surface area contributed by atoms with Gasteiger partial charge < -0.3 is 9.47 Å². The van der Waals surface area contributed by atoms with E-state index in [1.54, 1.807) is 12.5 Å². The number of rotatable bonds is 4. The predicted molar refractivity (Wildman–Crippen MR) is 151 cm³/mol. The third-order valence-corrected chi connectivity index (χ3v) is 13.1. The Morgan fingerprint density at radius 3 is 2.21 bits per heavy atom. The van der Waals surface area contributed by atoms with Crippen LogP contribution in [0.2, 0.25) is 0 Å². The molecule has 0 aliphatic heterocycles. The van der Waals surface area contributed by atoms with E-state index in [9.17, 15) is 9.59 Å². The number of ether oxygens (including phenoxy) is 2. The third-order valence-electron chi connectivity index (χ3n) is 13.1. The lowest BCUT2D eigenvalue weighted by Crippen LogP contribution is -2.66. The first-order valence-corrected chi connectivity index (χ1v) is 15.4. The van der Waals surface area contributed by atoms with Crippen LogP contribution in [0.15, 0.2) is 23.3 Å². The quantitative estimate of drug-likeness (QED) is 0.349. The van der Waals surface area contributed by atoms with Crippen LogP contribution in [-0.4, -0.2) is 24.6 Å². The maximum atomic E-state index is 11.9. The predicted octanol–water partition coefficient (Wildman–Crippen LogP) is 8.06. The molecular weight excluding hydrogens is 472 g/mol. The minimum atomic E-state index is -0.174. The summed E-state index contributed by atoms with van der Waals surface area (Å²) < 4.78 is 11.7. The molecule has 212 valence electrons. The number of carbonyl (C=O) groups is 2. The van der Waals surface area contributed by atoms with Gasteiger partial charge in [-0.15, -0.1) is 0 Å². The molecule has 3 unspecified atom stereocenters. The van der Waals surface area contributed by atoms with Crippen molar-refractivity contribution >= 4 is 11.9 Å². The van der Waals surface area contributed by atoms with Crippen molar-refractivity contribution in [1.82, 2.24) is 0 Å². The molecule has 0 bridgehead atoms. The molecule has 0 spiro atoms. The van der Waals surface area contributed by atoms with Crippen molar-refractivity contribution in [3.63, 3.8) is 0 Å². The molecule has 0 saturated heterocycles. The summed E-state index contributed by atoms with van der Waals surface area (Å²) in [6.45, 7) is 20.8. The molecule has 38 heavy (non-hydrogen) atoms. The maximum Gasteiger partial charge on any atom is 0.302 e. The Morgan fingerprint density at radius 2 is 1.58 bits per heavy atom. The number of hydrogen-bond acceptors (Lipinski definition) is 4. The molecule has 5 aliphatic rings. The molecule has 0 aromatic carbocycles. The van der Waals surface area contributed by atoms with E-state index >= 15 is 0 Å². The zero-order valence-electron chi connectivity index (χ0n) is 25.5. The molecule has 4 heteroatoms. The first-order valence-electron chi connectivity index (χ1n) is 15.4. The van der Waals surface area contributed by atoms with Crippen LogP contribution < -0.4 is 0 Å². The fourth-order valence-electron chi connectivity index (χ4n) is 11.1. The minimum absolute atomic E-state index is 0.00772. The maximum absolute atomic E-state index is 11.9. The van der Waals surface area contributed by atoms with Crippen molar-refractivity contribution in [2.45, 2.75) is 120 Å². The summed E-state index contributed by atoms with van der Waals surface area (Å²) in [6, 6.07) is 0. The minimum Gasteiger partial charge on any atom is -0.465 e. The highest BCUT2D eigenvalue weighted by Crippen LogP contribution is 2.76. The monoisotopic (exact) mass is 524 g/mol. The van der Waals surface area contributed by atoms with Gasteiger partial charge in [-0.25, -0.2) is 0 Å². The molecule has 8 atom stereocenters. The smallest absolute Gasteiger partial charge is 0.302 e. The lowest BCUT2D eigenvalue weighted by Gasteiger charge is -2.72. The number of esters is 2. The molecule has 4 fully saturated rings. The van der Waals surface area contributed by atoms with E-state index in [0.29, 0.717) is 30.3 Å². The van der Waals surface area contributed by atoms with Crippen LogP contribution in [0.5, 0.6) is 0 Å². The molecule has 5 aliphatic carbocycles. The highest BCUT2D eigenvalue weighted by molar-refractivity contribution is 5.66. The fourth-order valence-corrected chi connectivity index (χ4v) is 11.1. The summed E-state index contributed by atoms with van der Waals surface area (Å²) >= 11 is 0. The molecule has 0 aromatic rings. The normalized spacial score (nSPS) is 45.1. The molecule has 0 heterocycles. The Labute approximate surface area is 231 Å². The Bertz CT molecular complexity index is 1070. The van der Waals surface area contributed by atoms with Gasteiger partial charge in [0.15, 0.2) is 0 Å². The summed E-state index contributed by atoms with van der Waals surface area (Å²) in [4.78, 5) is 23.8. The van der Waals surface area contributed by atoms with Crippen LogP contribution in [0.1, 0.15) is 114 Å². The van der Waals surface area contributed by atoms with Crippen LogP contribution in [0.3, 0.4) is 0 Å². The van der Waals surface area contributed by atoms with Crippen LogP contribution in [0.25, 0.3) is 0 Å². The van der Waals surface area contributed by atoms with Gasteiger partial charge in [0.25, 0.3) is 0 Å². The topological polar surface area (TPSA) is 52.6 Å². The van der Waals surface area contributed by atoms with Crippen LogP contribution in [0, 0.1) is 50.7 Å². The summed E-state index contributed by atoms with van der Waals surface area (Å²) in [5.74, 6) is 1.93. The summed E-state index contributed by atoms with van der Waals surface area (Å²) in [7, 11) is 0. The molecule has 4 nitrogen and oxygen atoms in total. The number of fused-ring (bicyclic) bond motifs is 7. The summed E-state index contributed by atoms with van der Waals surface area (Å²) in [5.41, 5.74) is 3.72. The number of allylic oxidation sites excluding steroid dienone is 2. The first-order chi connectivity index (χ1) is 17.6. The van der Waals surface area contributed by atoms with Crippen LogP contribution in [0.4, 0.5) is 0 Å². The molecule has 0 radical (unpaired) electrons. The standard InChI is InChI=1S/C34H52O4/c1-21(2)24-12-17-34(20-37-22(3)35)19-18-32(8)25(29(24)34)10-11-27-31(7)15-14-28(38-23(4)36)30(5,6)26(31)13-16-33(27,32)9/h12,17,21,25-28H,10-11,13-16,18-20H2,1-9H3/t25?,26?,27?,28-,31-,32+,33+,34+/m0/s1. The number of carbonyl (C=O) groups excluding carboxylic acids is 2. The average molecular weight is 525 g/mol. The van der Waals surface area contributed by atoms with Crippen molar-refractivity contribution in [3.05, 3.63) is 23.3 Å². The van der Waals surface area contributed by atoms with Crippen molar-refractivity contribution in [1.29, 1.82) is 0 Å². The molecule has 4 saturated carbocycles. The molecular formula is C34H52O4. The number of hydrogen-bond donors (Lipinski definition) is 0. The van der Waals surface area contributed by atoms with E-state index in [-0.39, 0.29) is 45.1 Å². The Balaban J connectivity index is 1.52. The van der Waals surface area contributed by atoms with Crippen molar-refractivity contribution in [2.24, 2.45) is 50.7 Å². The second-order valence-electron chi connectivity index (χ2n) is 15.4. The van der Waals surface area contributed by atoms with Gasteiger partial charge in [0, 0.05) is 24.7 Å². The van der Waals surface area contributed by atoms with Gasteiger partial charge in [0.05, 0.1) is 0 Å². The van der Waals surface area contributed by atoms with Gasteiger partial charge in [0.2, 0.25) is 0 Å². The lowest BCUT2D eigenvalue weighted by atomic mass is 9.33. The second-order valence-corrected chi connectivity index (χ2v) is 15.4. The van der Waals surface area contributed by atoms with Crippen LogP contribution in [-0.2, 0) is 19.1 Å².